The van der Waals surface area contributed by atoms with Gasteiger partial charge in [0.15, 0.2) is 0 Å². The number of likely N-dealkylation sites (tertiary alicyclic amines) is 1. The van der Waals surface area contributed by atoms with E-state index >= 15 is 0 Å². The lowest BCUT2D eigenvalue weighted by Crippen LogP contribution is -2.13. The second kappa shape index (κ2) is 4.45. The number of rotatable bonds is 2. The van der Waals surface area contributed by atoms with E-state index < -0.39 is 0 Å². The van der Waals surface area contributed by atoms with Crippen molar-refractivity contribution in [3.63, 3.8) is 0 Å². The number of likely N-dealkylation sites (N-methyl/N-ethyl adjacent to an activating group) is 1. The average molecular weight is 267 g/mol. The van der Waals surface area contributed by atoms with E-state index in [1.54, 1.807) is 6.20 Å². The highest BCUT2D eigenvalue weighted by Gasteiger charge is 2.23. The highest BCUT2D eigenvalue weighted by atomic mass is 15.3. The largest absolute Gasteiger partial charge is 0.361 e. The SMILES string of the molecule is CN1CCC(c2c[nH]c3ccc(-c4cn[nH]n4)cc23)C1. The molecule has 20 heavy (non-hydrogen) atoms. The predicted molar refractivity (Wildman–Crippen MR) is 78.5 cm³/mol. The maximum absolute atomic E-state index is 4.16. The molecule has 0 saturated carbocycles. The van der Waals surface area contributed by atoms with Crippen molar-refractivity contribution in [3.8, 4) is 11.3 Å². The summed E-state index contributed by atoms with van der Waals surface area (Å²) in [4.78, 5) is 5.78. The van der Waals surface area contributed by atoms with Gasteiger partial charge in [-0.3, -0.25) is 0 Å². The number of nitrogens with one attached hydrogen (secondary N) is 2. The molecule has 2 N–H and O–H groups in total. The van der Waals surface area contributed by atoms with Crippen LogP contribution in [0.25, 0.3) is 22.2 Å². The van der Waals surface area contributed by atoms with Gasteiger partial charge in [-0.05, 0) is 43.6 Å². The molecule has 3 heterocycles. The summed E-state index contributed by atoms with van der Waals surface area (Å²) in [5.74, 6) is 0.626. The first kappa shape index (κ1) is 11.7. The zero-order chi connectivity index (χ0) is 13.5. The molecule has 0 aliphatic carbocycles. The number of fused-ring (bicyclic) bond motifs is 1. The molecule has 4 rings (SSSR count). The van der Waals surface area contributed by atoms with Crippen LogP contribution in [0.3, 0.4) is 0 Å². The second-order valence-electron chi connectivity index (χ2n) is 5.61. The van der Waals surface area contributed by atoms with Crippen molar-refractivity contribution in [2.24, 2.45) is 0 Å². The van der Waals surface area contributed by atoms with Crippen LogP contribution in [0, 0.1) is 0 Å². The van der Waals surface area contributed by atoms with E-state index in [0.29, 0.717) is 5.92 Å². The molecule has 1 aliphatic rings. The van der Waals surface area contributed by atoms with Gasteiger partial charge in [-0.1, -0.05) is 6.07 Å². The fourth-order valence-electron chi connectivity index (χ4n) is 3.17. The van der Waals surface area contributed by atoms with Crippen LogP contribution in [0.5, 0.6) is 0 Å². The standard InChI is InChI=1S/C15H17N5/c1-20-5-4-11(9-20)13-7-16-14-3-2-10(6-12(13)14)15-8-17-19-18-15/h2-3,6-8,11,16H,4-5,9H2,1H3,(H,17,18,19). The fourth-order valence-corrected chi connectivity index (χ4v) is 3.17. The van der Waals surface area contributed by atoms with E-state index in [1.165, 1.54) is 29.4 Å². The number of hydrogen-bond acceptors (Lipinski definition) is 3. The average Bonchev–Trinajstić information content (AvgIpc) is 3.17. The number of benzene rings is 1. The van der Waals surface area contributed by atoms with Gasteiger partial charge in [0.25, 0.3) is 0 Å². The van der Waals surface area contributed by atoms with Crippen molar-refractivity contribution in [2.75, 3.05) is 20.1 Å². The smallest absolute Gasteiger partial charge is 0.112 e. The summed E-state index contributed by atoms with van der Waals surface area (Å²) in [6, 6.07) is 6.43. The predicted octanol–water partition coefficient (Wildman–Crippen LogP) is 2.37. The van der Waals surface area contributed by atoms with Crippen LogP contribution in [0.15, 0.2) is 30.6 Å². The van der Waals surface area contributed by atoms with Gasteiger partial charge >= 0.3 is 0 Å². The highest BCUT2D eigenvalue weighted by molar-refractivity contribution is 5.88. The minimum absolute atomic E-state index is 0.626. The normalized spacial score (nSPS) is 19.9. The summed E-state index contributed by atoms with van der Waals surface area (Å²) in [5.41, 5.74) is 4.62. The maximum atomic E-state index is 4.16. The third-order valence-corrected chi connectivity index (χ3v) is 4.26. The minimum atomic E-state index is 0.626. The molecule has 3 aromatic rings. The van der Waals surface area contributed by atoms with Gasteiger partial charge < -0.3 is 9.88 Å². The van der Waals surface area contributed by atoms with E-state index in [2.05, 4.69) is 56.7 Å². The van der Waals surface area contributed by atoms with Crippen LogP contribution in [0.4, 0.5) is 0 Å². The number of aromatic amines is 2. The molecule has 2 aromatic heterocycles. The van der Waals surface area contributed by atoms with Crippen LogP contribution in [0.2, 0.25) is 0 Å². The summed E-state index contributed by atoms with van der Waals surface area (Å²) in [6.07, 6.45) is 5.16. The Labute approximate surface area is 117 Å². The molecule has 1 fully saturated rings. The molecule has 102 valence electrons. The Bertz CT molecular complexity index is 728. The van der Waals surface area contributed by atoms with Crippen LogP contribution in [-0.2, 0) is 0 Å². The molecule has 1 atom stereocenters. The first-order chi connectivity index (χ1) is 9.81. The van der Waals surface area contributed by atoms with Crippen LogP contribution in [0.1, 0.15) is 17.9 Å². The molecule has 5 nitrogen and oxygen atoms in total. The van der Waals surface area contributed by atoms with E-state index in [-0.39, 0.29) is 0 Å². The van der Waals surface area contributed by atoms with E-state index in [9.17, 15) is 0 Å². The molecule has 0 bridgehead atoms. The summed E-state index contributed by atoms with van der Waals surface area (Å²) < 4.78 is 0. The van der Waals surface area contributed by atoms with Crippen molar-refractivity contribution in [2.45, 2.75) is 12.3 Å². The van der Waals surface area contributed by atoms with Gasteiger partial charge in [-0.15, -0.1) is 0 Å². The van der Waals surface area contributed by atoms with E-state index in [4.69, 9.17) is 0 Å². The number of H-pyrrole nitrogens is 2. The first-order valence-corrected chi connectivity index (χ1v) is 6.97. The first-order valence-electron chi connectivity index (χ1n) is 6.97. The Balaban J connectivity index is 1.80. The van der Waals surface area contributed by atoms with Crippen LogP contribution in [-0.4, -0.2) is 45.4 Å². The third-order valence-electron chi connectivity index (χ3n) is 4.26. The van der Waals surface area contributed by atoms with Crippen LogP contribution < -0.4 is 0 Å². The Morgan fingerprint density at radius 2 is 2.30 bits per heavy atom. The summed E-state index contributed by atoms with van der Waals surface area (Å²) >= 11 is 0. The molecule has 0 amide bonds. The number of nitrogens with zero attached hydrogens (tertiary/aromatic N) is 3. The Morgan fingerprint density at radius 3 is 3.05 bits per heavy atom. The molecular formula is C15H17N5. The minimum Gasteiger partial charge on any atom is -0.361 e. The molecule has 1 saturated heterocycles. The second-order valence-corrected chi connectivity index (χ2v) is 5.61. The van der Waals surface area contributed by atoms with E-state index in [0.717, 1.165) is 17.8 Å². The molecule has 0 spiro atoms. The molecule has 1 unspecified atom stereocenters. The van der Waals surface area contributed by atoms with Crippen molar-refractivity contribution >= 4 is 10.9 Å². The Kier molecular flexibility index (Phi) is 2.60. The fraction of sp³-hybridized carbons (Fsp3) is 0.333. The third kappa shape index (κ3) is 1.82. The zero-order valence-corrected chi connectivity index (χ0v) is 11.4. The molecular weight excluding hydrogens is 250 g/mol. The maximum Gasteiger partial charge on any atom is 0.112 e. The van der Waals surface area contributed by atoms with Gasteiger partial charge in [0.1, 0.15) is 5.69 Å². The zero-order valence-electron chi connectivity index (χ0n) is 11.4. The molecule has 5 heteroatoms. The summed E-state index contributed by atoms with van der Waals surface area (Å²) in [7, 11) is 2.19. The van der Waals surface area contributed by atoms with Gasteiger partial charge in [0, 0.05) is 29.2 Å². The van der Waals surface area contributed by atoms with Gasteiger partial charge in [-0.2, -0.15) is 15.4 Å². The number of hydrogen-bond donors (Lipinski definition) is 2. The van der Waals surface area contributed by atoms with Gasteiger partial charge in [0.2, 0.25) is 0 Å². The molecule has 0 radical (unpaired) electrons. The molecule has 1 aromatic carbocycles. The van der Waals surface area contributed by atoms with Gasteiger partial charge in [-0.25, -0.2) is 0 Å². The van der Waals surface area contributed by atoms with Crippen molar-refractivity contribution in [1.29, 1.82) is 0 Å². The van der Waals surface area contributed by atoms with Crippen LogP contribution >= 0.6 is 0 Å². The summed E-state index contributed by atoms with van der Waals surface area (Å²) in [5, 5.41) is 12.0. The van der Waals surface area contributed by atoms with Crippen molar-refractivity contribution in [1.82, 2.24) is 25.3 Å². The summed E-state index contributed by atoms with van der Waals surface area (Å²) in [6.45, 7) is 2.32. The number of aromatic nitrogens is 4. The topological polar surface area (TPSA) is 60.6 Å². The highest BCUT2D eigenvalue weighted by Crippen LogP contribution is 2.33. The Hall–Kier alpha value is -2.14. The van der Waals surface area contributed by atoms with Gasteiger partial charge in [0.05, 0.1) is 6.20 Å². The Morgan fingerprint density at radius 1 is 1.35 bits per heavy atom. The quantitative estimate of drug-likeness (QED) is 0.749. The lowest BCUT2D eigenvalue weighted by atomic mass is 9.96. The van der Waals surface area contributed by atoms with Crippen molar-refractivity contribution in [3.05, 3.63) is 36.2 Å². The lowest BCUT2D eigenvalue weighted by molar-refractivity contribution is 0.412. The molecule has 1 aliphatic heterocycles. The van der Waals surface area contributed by atoms with Crippen molar-refractivity contribution < 1.29 is 0 Å². The lowest BCUT2D eigenvalue weighted by Gasteiger charge is -2.09. The monoisotopic (exact) mass is 267 g/mol. The van der Waals surface area contributed by atoms with E-state index in [1.807, 2.05) is 0 Å².